The number of benzene rings is 1. The van der Waals surface area contributed by atoms with Crippen molar-refractivity contribution in [3.63, 3.8) is 0 Å². The molecule has 0 saturated heterocycles. The molecule has 1 amide bonds. The van der Waals surface area contributed by atoms with Crippen LogP contribution in [-0.2, 0) is 5.54 Å². The lowest BCUT2D eigenvalue weighted by molar-refractivity contribution is -0.134. The predicted molar refractivity (Wildman–Crippen MR) is 139 cm³/mol. The maximum absolute atomic E-state index is 13.2. The van der Waals surface area contributed by atoms with E-state index in [4.69, 9.17) is 0 Å². The zero-order valence-corrected chi connectivity index (χ0v) is 22.4. The fraction of sp³-hybridized carbons (Fsp3) is 0.774. The molecule has 3 nitrogen and oxygen atoms in total. The van der Waals surface area contributed by atoms with Gasteiger partial charge in [0.15, 0.2) is 0 Å². The van der Waals surface area contributed by atoms with Crippen LogP contribution in [0.25, 0.3) is 0 Å². The van der Waals surface area contributed by atoms with Crippen molar-refractivity contribution in [2.45, 2.75) is 90.1 Å². The second kappa shape index (κ2) is 7.58. The van der Waals surface area contributed by atoms with Crippen LogP contribution < -0.4 is 0 Å². The van der Waals surface area contributed by atoms with E-state index >= 15 is 0 Å². The highest BCUT2D eigenvalue weighted by molar-refractivity contribution is 5.99. The first-order valence-corrected chi connectivity index (χ1v) is 14.2. The summed E-state index contributed by atoms with van der Waals surface area (Å²) in [5, 5.41) is 0. The number of hydrogen-bond acceptors (Lipinski definition) is 2. The monoisotopic (exact) mass is 462 g/mol. The largest absolute Gasteiger partial charge is 0.332 e. The van der Waals surface area contributed by atoms with Gasteiger partial charge in [-0.05, 0) is 131 Å². The summed E-state index contributed by atoms with van der Waals surface area (Å²) in [6, 6.07) is 9.17. The van der Waals surface area contributed by atoms with Crippen LogP contribution in [0.4, 0.5) is 0 Å². The highest BCUT2D eigenvalue weighted by Crippen LogP contribution is 2.69. The normalized spacial score (nSPS) is 46.3. The Morgan fingerprint density at radius 3 is 2.44 bits per heavy atom. The summed E-state index contributed by atoms with van der Waals surface area (Å²) in [6.07, 6.45) is 12.1. The van der Waals surface area contributed by atoms with Gasteiger partial charge in [-0.2, -0.15) is 0 Å². The first-order chi connectivity index (χ1) is 16.1. The molecule has 4 aliphatic carbocycles. The Morgan fingerprint density at radius 1 is 0.941 bits per heavy atom. The van der Waals surface area contributed by atoms with Crippen molar-refractivity contribution in [2.24, 2.45) is 40.4 Å². The maximum Gasteiger partial charge on any atom is 0.254 e. The molecule has 1 heterocycles. The minimum Gasteiger partial charge on any atom is -0.332 e. The molecule has 1 aromatic carbocycles. The summed E-state index contributed by atoms with van der Waals surface area (Å²) in [5.74, 6) is 4.56. The fourth-order valence-corrected chi connectivity index (χ4v) is 10.6. The van der Waals surface area contributed by atoms with Gasteiger partial charge in [0, 0.05) is 18.7 Å². The average molecular weight is 463 g/mol. The van der Waals surface area contributed by atoms with E-state index in [1.807, 2.05) is 6.07 Å². The molecule has 0 aromatic heterocycles. The highest BCUT2D eigenvalue weighted by Gasteiger charge is 2.63. The lowest BCUT2D eigenvalue weighted by Gasteiger charge is -2.63. The first kappa shape index (κ1) is 23.1. The number of hydrogen-bond donors (Lipinski definition) is 0. The van der Waals surface area contributed by atoms with E-state index in [9.17, 15) is 4.79 Å². The van der Waals surface area contributed by atoms with Gasteiger partial charge in [-0.3, -0.25) is 4.79 Å². The van der Waals surface area contributed by atoms with Crippen molar-refractivity contribution in [3.05, 3.63) is 35.4 Å². The zero-order chi connectivity index (χ0) is 24.0. The van der Waals surface area contributed by atoms with Crippen LogP contribution in [0.15, 0.2) is 24.3 Å². The number of fused-ring (bicyclic) bond motifs is 7. The van der Waals surface area contributed by atoms with E-state index in [2.05, 4.69) is 69.9 Å². The SMILES string of the molecule is C[C@H]([C@H]1CC[C@@H]2[C@@H]3CC[C@H]4C[C@]5(CC[C@]4(C)[C@H]3CC[C@@]21C)c1ccccc1C(=O)N5C)N(C)C. The molecule has 34 heavy (non-hydrogen) atoms. The number of amides is 1. The second-order valence-corrected chi connectivity index (χ2v) is 13.7. The quantitative estimate of drug-likeness (QED) is 0.496. The van der Waals surface area contributed by atoms with Crippen molar-refractivity contribution in [1.29, 1.82) is 0 Å². The van der Waals surface area contributed by atoms with Gasteiger partial charge in [0.2, 0.25) is 0 Å². The van der Waals surface area contributed by atoms with E-state index in [1.165, 1.54) is 56.9 Å². The van der Waals surface area contributed by atoms with Crippen LogP contribution in [0.2, 0.25) is 0 Å². The maximum atomic E-state index is 13.2. The first-order valence-electron chi connectivity index (χ1n) is 14.2. The van der Waals surface area contributed by atoms with Crippen LogP contribution in [0.3, 0.4) is 0 Å². The Labute approximate surface area is 207 Å². The van der Waals surface area contributed by atoms with Gasteiger partial charge in [0.05, 0.1) is 5.54 Å². The van der Waals surface area contributed by atoms with Crippen LogP contribution in [0, 0.1) is 40.4 Å². The van der Waals surface area contributed by atoms with Crippen molar-refractivity contribution in [1.82, 2.24) is 9.80 Å². The van der Waals surface area contributed by atoms with E-state index in [0.717, 1.165) is 41.6 Å². The molecule has 1 aliphatic heterocycles. The van der Waals surface area contributed by atoms with Crippen LogP contribution in [-0.4, -0.2) is 42.9 Å². The molecule has 0 radical (unpaired) electrons. The van der Waals surface area contributed by atoms with Crippen molar-refractivity contribution >= 4 is 5.91 Å². The van der Waals surface area contributed by atoms with Gasteiger partial charge in [-0.1, -0.05) is 32.0 Å². The molecule has 3 heteroatoms. The molecule has 6 rings (SSSR count). The van der Waals surface area contributed by atoms with Gasteiger partial charge in [0.25, 0.3) is 5.91 Å². The Kier molecular flexibility index (Phi) is 5.14. The molecule has 0 unspecified atom stereocenters. The summed E-state index contributed by atoms with van der Waals surface area (Å²) in [7, 11) is 6.63. The van der Waals surface area contributed by atoms with E-state index in [0.29, 0.717) is 16.9 Å². The Bertz CT molecular complexity index is 987. The van der Waals surface area contributed by atoms with E-state index in [-0.39, 0.29) is 11.4 Å². The fourth-order valence-electron chi connectivity index (χ4n) is 10.6. The number of carbonyl (C=O) groups is 1. The Balaban J connectivity index is 1.28. The summed E-state index contributed by atoms with van der Waals surface area (Å²) >= 11 is 0. The van der Waals surface area contributed by atoms with Crippen LogP contribution in [0.1, 0.15) is 94.5 Å². The molecule has 186 valence electrons. The standard InChI is InChI=1S/C31H46N2O/c1-20(32(4)5)24-13-14-25-22-12-11-21-19-31(27-10-8-7-9-23(27)28(34)33(31)6)18-17-29(21,2)26(22)15-16-30(24,25)3/h7-10,20-22,24-26H,11-19H2,1-6H3/t20-,21+,22+,24-,25-,26+,29+,30-,31-/m1/s1. The van der Waals surface area contributed by atoms with Gasteiger partial charge < -0.3 is 9.80 Å². The van der Waals surface area contributed by atoms with E-state index < -0.39 is 0 Å². The highest BCUT2D eigenvalue weighted by atomic mass is 16.2. The summed E-state index contributed by atoms with van der Waals surface area (Å²) in [4.78, 5) is 17.8. The number of nitrogens with zero attached hydrogens (tertiary/aromatic N) is 2. The van der Waals surface area contributed by atoms with Gasteiger partial charge in [-0.15, -0.1) is 0 Å². The molecular weight excluding hydrogens is 416 g/mol. The molecule has 1 spiro atoms. The minimum absolute atomic E-state index is 0.0620. The third kappa shape index (κ3) is 2.83. The molecule has 4 saturated carbocycles. The number of rotatable bonds is 2. The summed E-state index contributed by atoms with van der Waals surface area (Å²) < 4.78 is 0. The minimum atomic E-state index is -0.0620. The molecule has 9 atom stereocenters. The Hall–Kier alpha value is -1.35. The van der Waals surface area contributed by atoms with Gasteiger partial charge >= 0.3 is 0 Å². The van der Waals surface area contributed by atoms with E-state index in [1.54, 1.807) is 0 Å². The average Bonchev–Trinajstić information content (AvgIpc) is 3.28. The van der Waals surface area contributed by atoms with Crippen molar-refractivity contribution in [3.8, 4) is 0 Å². The third-order valence-corrected chi connectivity index (χ3v) is 12.8. The Morgan fingerprint density at radius 2 is 1.68 bits per heavy atom. The molecular formula is C31H46N2O. The molecule has 5 aliphatic rings. The van der Waals surface area contributed by atoms with Gasteiger partial charge in [-0.25, -0.2) is 0 Å². The molecule has 0 bridgehead atoms. The van der Waals surface area contributed by atoms with Crippen LogP contribution in [0.5, 0.6) is 0 Å². The lowest BCUT2D eigenvalue weighted by Crippen LogP contribution is -2.57. The smallest absolute Gasteiger partial charge is 0.254 e. The van der Waals surface area contributed by atoms with Crippen molar-refractivity contribution in [2.75, 3.05) is 21.1 Å². The zero-order valence-electron chi connectivity index (χ0n) is 22.4. The second-order valence-electron chi connectivity index (χ2n) is 13.7. The topological polar surface area (TPSA) is 23.6 Å². The van der Waals surface area contributed by atoms with Crippen LogP contribution >= 0.6 is 0 Å². The van der Waals surface area contributed by atoms with Gasteiger partial charge in [0.1, 0.15) is 0 Å². The third-order valence-electron chi connectivity index (χ3n) is 12.8. The molecule has 0 N–H and O–H groups in total. The summed E-state index contributed by atoms with van der Waals surface area (Å²) in [6.45, 7) is 7.81. The molecule has 1 aromatic rings. The molecule has 4 fully saturated rings. The van der Waals surface area contributed by atoms with Crippen molar-refractivity contribution < 1.29 is 4.79 Å². The predicted octanol–water partition coefficient (Wildman–Crippen LogP) is 6.58. The summed E-state index contributed by atoms with van der Waals surface area (Å²) in [5.41, 5.74) is 3.19. The number of carbonyl (C=O) groups excluding carboxylic acids is 1. The lowest BCUT2D eigenvalue weighted by atomic mass is 9.43.